The predicted octanol–water partition coefficient (Wildman–Crippen LogP) is 2.69. The van der Waals surface area contributed by atoms with Crippen molar-refractivity contribution in [2.45, 2.75) is 33.4 Å². The minimum atomic E-state index is -0.369. The number of hydrogen-bond acceptors (Lipinski definition) is 4. The van der Waals surface area contributed by atoms with Crippen LogP contribution in [0.3, 0.4) is 0 Å². The summed E-state index contributed by atoms with van der Waals surface area (Å²) in [6, 6.07) is 11.0. The molecule has 8 heteroatoms. The fraction of sp³-hybridized carbons (Fsp3) is 0.263. The van der Waals surface area contributed by atoms with Gasteiger partial charge >= 0.3 is 0 Å². The van der Waals surface area contributed by atoms with E-state index in [-0.39, 0.29) is 23.9 Å². The van der Waals surface area contributed by atoms with E-state index in [9.17, 15) is 9.59 Å². The Hall–Kier alpha value is -3.42. The number of hydrogen-bond donors (Lipinski definition) is 2. The lowest BCUT2D eigenvalue weighted by molar-refractivity contribution is -0.116. The molecule has 0 bridgehead atoms. The van der Waals surface area contributed by atoms with E-state index in [1.807, 2.05) is 38.1 Å². The number of amides is 2. The fourth-order valence-corrected chi connectivity index (χ4v) is 2.61. The third-order valence-corrected chi connectivity index (χ3v) is 4.09. The monoisotopic (exact) mass is 366 g/mol. The van der Waals surface area contributed by atoms with Crippen LogP contribution in [0.5, 0.6) is 0 Å². The predicted molar refractivity (Wildman–Crippen MR) is 103 cm³/mol. The molecular formula is C19H22N6O2. The largest absolute Gasteiger partial charge is 0.323 e. The number of nitrogens with one attached hydrogen (secondary N) is 2. The molecule has 3 rings (SSSR count). The van der Waals surface area contributed by atoms with Gasteiger partial charge in [0, 0.05) is 43.3 Å². The normalized spacial score (nSPS) is 10.6. The number of carbonyl (C=O) groups excluding carboxylic acids is 2. The Morgan fingerprint density at radius 1 is 1.11 bits per heavy atom. The second-order valence-electron chi connectivity index (χ2n) is 6.06. The van der Waals surface area contributed by atoms with Crippen LogP contribution < -0.4 is 10.6 Å². The Kier molecular flexibility index (Phi) is 5.65. The summed E-state index contributed by atoms with van der Waals surface area (Å²) in [5.41, 5.74) is 2.24. The van der Waals surface area contributed by atoms with Gasteiger partial charge in [-0.05, 0) is 32.0 Å². The van der Waals surface area contributed by atoms with E-state index in [0.717, 1.165) is 5.69 Å². The molecule has 0 radical (unpaired) electrons. The second kappa shape index (κ2) is 8.31. The zero-order chi connectivity index (χ0) is 19.2. The maximum atomic E-state index is 12.6. The molecule has 27 heavy (non-hydrogen) atoms. The van der Waals surface area contributed by atoms with Gasteiger partial charge in [0.2, 0.25) is 5.91 Å². The van der Waals surface area contributed by atoms with Crippen LogP contribution in [0.4, 0.5) is 11.4 Å². The number of para-hydroxylation sites is 1. The number of aryl methyl sites for hydroxylation is 3. The summed E-state index contributed by atoms with van der Waals surface area (Å²) < 4.78 is 3.38. The number of nitrogens with zero attached hydrogens (tertiary/aromatic N) is 4. The molecule has 0 atom stereocenters. The quantitative estimate of drug-likeness (QED) is 0.672. The SMILES string of the molecule is CCn1cc(NC(=O)CCn2nccc2C)c(C(=O)Nc2ccccc2)n1. The first-order chi connectivity index (χ1) is 13.1. The van der Waals surface area contributed by atoms with Crippen molar-refractivity contribution >= 4 is 23.2 Å². The first kappa shape index (κ1) is 18.4. The number of carbonyl (C=O) groups is 2. The van der Waals surface area contributed by atoms with Gasteiger partial charge in [0.15, 0.2) is 5.69 Å². The van der Waals surface area contributed by atoms with Crippen LogP contribution in [-0.4, -0.2) is 31.4 Å². The first-order valence-corrected chi connectivity index (χ1v) is 8.79. The van der Waals surface area contributed by atoms with Crippen LogP contribution in [0.15, 0.2) is 48.8 Å². The minimum absolute atomic E-state index is 0.185. The van der Waals surface area contributed by atoms with Crippen LogP contribution in [0, 0.1) is 6.92 Å². The summed E-state index contributed by atoms with van der Waals surface area (Å²) in [5, 5.41) is 14.0. The van der Waals surface area contributed by atoms with Gasteiger partial charge in [-0.3, -0.25) is 19.0 Å². The number of aromatic nitrogens is 4. The molecule has 2 amide bonds. The van der Waals surface area contributed by atoms with Crippen molar-refractivity contribution < 1.29 is 9.59 Å². The van der Waals surface area contributed by atoms with Crippen LogP contribution >= 0.6 is 0 Å². The first-order valence-electron chi connectivity index (χ1n) is 8.79. The van der Waals surface area contributed by atoms with Crippen LogP contribution in [-0.2, 0) is 17.9 Å². The van der Waals surface area contributed by atoms with Crippen LogP contribution in [0.25, 0.3) is 0 Å². The molecule has 0 fully saturated rings. The summed E-state index contributed by atoms with van der Waals surface area (Å²) in [6.07, 6.45) is 3.61. The lowest BCUT2D eigenvalue weighted by Gasteiger charge is -2.07. The Bertz CT molecular complexity index is 929. The Morgan fingerprint density at radius 2 is 1.89 bits per heavy atom. The highest BCUT2D eigenvalue weighted by molar-refractivity contribution is 6.08. The van der Waals surface area contributed by atoms with Crippen molar-refractivity contribution in [3.8, 4) is 0 Å². The topological polar surface area (TPSA) is 93.8 Å². The third kappa shape index (κ3) is 4.60. The molecule has 2 N–H and O–H groups in total. The summed E-state index contributed by atoms with van der Waals surface area (Å²) in [4.78, 5) is 24.9. The molecule has 0 aliphatic carbocycles. The van der Waals surface area contributed by atoms with E-state index in [2.05, 4.69) is 20.8 Å². The van der Waals surface area contributed by atoms with E-state index in [0.29, 0.717) is 24.5 Å². The zero-order valence-corrected chi connectivity index (χ0v) is 15.3. The van der Waals surface area contributed by atoms with Gasteiger partial charge in [-0.1, -0.05) is 18.2 Å². The van der Waals surface area contributed by atoms with Crippen molar-refractivity contribution in [3.63, 3.8) is 0 Å². The van der Waals surface area contributed by atoms with Crippen LogP contribution in [0.1, 0.15) is 29.5 Å². The molecule has 140 valence electrons. The lowest BCUT2D eigenvalue weighted by Crippen LogP contribution is -2.19. The van der Waals surface area contributed by atoms with Crippen LogP contribution in [0.2, 0.25) is 0 Å². The van der Waals surface area contributed by atoms with Crippen molar-refractivity contribution in [1.82, 2.24) is 19.6 Å². The van der Waals surface area contributed by atoms with Gasteiger partial charge in [0.1, 0.15) is 0 Å². The van der Waals surface area contributed by atoms with Crippen molar-refractivity contribution in [3.05, 3.63) is 60.2 Å². The molecule has 0 aliphatic rings. The van der Waals surface area contributed by atoms with Gasteiger partial charge in [0.05, 0.1) is 5.69 Å². The van der Waals surface area contributed by atoms with E-state index in [1.165, 1.54) is 0 Å². The lowest BCUT2D eigenvalue weighted by atomic mass is 10.3. The average Bonchev–Trinajstić information content (AvgIpc) is 3.26. The third-order valence-electron chi connectivity index (χ3n) is 4.09. The fourth-order valence-electron chi connectivity index (χ4n) is 2.61. The molecule has 3 aromatic rings. The second-order valence-corrected chi connectivity index (χ2v) is 6.06. The molecule has 8 nitrogen and oxygen atoms in total. The molecule has 0 spiro atoms. The molecular weight excluding hydrogens is 344 g/mol. The minimum Gasteiger partial charge on any atom is -0.323 e. The Morgan fingerprint density at radius 3 is 2.56 bits per heavy atom. The maximum absolute atomic E-state index is 12.6. The summed E-state index contributed by atoms with van der Waals surface area (Å²) in [7, 11) is 0. The molecule has 2 aromatic heterocycles. The molecule has 2 heterocycles. The van der Waals surface area contributed by atoms with E-state index >= 15 is 0 Å². The highest BCUT2D eigenvalue weighted by Crippen LogP contribution is 2.17. The van der Waals surface area contributed by atoms with E-state index < -0.39 is 0 Å². The summed E-state index contributed by atoms with van der Waals surface area (Å²) in [5.74, 6) is -0.569. The van der Waals surface area contributed by atoms with Gasteiger partial charge in [-0.2, -0.15) is 10.2 Å². The molecule has 0 unspecified atom stereocenters. The smallest absolute Gasteiger partial charge is 0.278 e. The molecule has 0 saturated carbocycles. The van der Waals surface area contributed by atoms with Crippen molar-refractivity contribution in [2.24, 2.45) is 0 Å². The van der Waals surface area contributed by atoms with Crippen molar-refractivity contribution in [1.29, 1.82) is 0 Å². The maximum Gasteiger partial charge on any atom is 0.278 e. The van der Waals surface area contributed by atoms with Gasteiger partial charge < -0.3 is 10.6 Å². The average molecular weight is 366 g/mol. The van der Waals surface area contributed by atoms with E-state index in [1.54, 1.807) is 33.9 Å². The van der Waals surface area contributed by atoms with Crippen molar-refractivity contribution in [2.75, 3.05) is 10.6 Å². The highest BCUT2D eigenvalue weighted by Gasteiger charge is 2.18. The standard InChI is InChI=1S/C19H22N6O2/c1-3-24-13-16(22-17(26)10-12-25-14(2)9-11-20-25)18(23-24)19(27)21-15-7-5-4-6-8-15/h4-9,11,13H,3,10,12H2,1-2H3,(H,21,27)(H,22,26). The zero-order valence-electron chi connectivity index (χ0n) is 15.3. The molecule has 1 aromatic carbocycles. The Balaban J connectivity index is 1.69. The number of anilines is 2. The number of benzene rings is 1. The van der Waals surface area contributed by atoms with E-state index in [4.69, 9.17) is 0 Å². The summed E-state index contributed by atoms with van der Waals surface area (Å²) >= 11 is 0. The van der Waals surface area contributed by atoms with Gasteiger partial charge in [-0.15, -0.1) is 0 Å². The summed E-state index contributed by atoms with van der Waals surface area (Å²) in [6.45, 7) is 4.91. The number of rotatable bonds is 7. The Labute approximate surface area is 157 Å². The van der Waals surface area contributed by atoms with Gasteiger partial charge in [-0.25, -0.2) is 0 Å². The highest BCUT2D eigenvalue weighted by atomic mass is 16.2. The molecule has 0 aliphatic heterocycles. The molecule has 0 saturated heterocycles. The van der Waals surface area contributed by atoms with Gasteiger partial charge in [0.25, 0.3) is 5.91 Å².